The number of nitrogens with two attached hydrogens (primary N) is 1. The average molecular weight is 219 g/mol. The highest BCUT2D eigenvalue weighted by atomic mass is 14.9. The summed E-state index contributed by atoms with van der Waals surface area (Å²) >= 11 is 0. The molecule has 0 unspecified atom stereocenters. The van der Waals surface area contributed by atoms with Gasteiger partial charge in [-0.2, -0.15) is 0 Å². The minimum absolute atomic E-state index is 0.0243. The monoisotopic (exact) mass is 219 g/mol. The summed E-state index contributed by atoms with van der Waals surface area (Å²) in [5.74, 6) is 1.08. The van der Waals surface area contributed by atoms with E-state index in [1.165, 1.54) is 0 Å². The molecule has 1 aromatic rings. The first kappa shape index (κ1) is 11.5. The summed E-state index contributed by atoms with van der Waals surface area (Å²) in [4.78, 5) is 8.84. The molecule has 0 saturated heterocycles. The molecular weight excluding hydrogens is 198 g/mol. The lowest BCUT2D eigenvalue weighted by Gasteiger charge is -2.41. The van der Waals surface area contributed by atoms with Gasteiger partial charge >= 0.3 is 0 Å². The van der Waals surface area contributed by atoms with Crippen molar-refractivity contribution in [2.45, 2.75) is 40.2 Å². The third-order valence-corrected chi connectivity index (χ3v) is 4.30. The van der Waals surface area contributed by atoms with E-state index in [1.807, 2.05) is 0 Å². The zero-order chi connectivity index (χ0) is 11.9. The molecule has 0 aromatic carbocycles. The van der Waals surface area contributed by atoms with Gasteiger partial charge in [-0.15, -0.1) is 0 Å². The summed E-state index contributed by atoms with van der Waals surface area (Å²) < 4.78 is 0. The van der Waals surface area contributed by atoms with Crippen LogP contribution >= 0.6 is 0 Å². The lowest BCUT2D eigenvalue weighted by Crippen LogP contribution is -2.41. The Kier molecular flexibility index (Phi) is 2.74. The van der Waals surface area contributed by atoms with E-state index in [-0.39, 0.29) is 11.5 Å². The van der Waals surface area contributed by atoms with Crippen LogP contribution in [0.3, 0.4) is 0 Å². The molecule has 3 nitrogen and oxygen atoms in total. The summed E-state index contributed by atoms with van der Waals surface area (Å²) in [5.41, 5.74) is 8.64. The van der Waals surface area contributed by atoms with Gasteiger partial charge in [-0.1, -0.05) is 27.7 Å². The van der Waals surface area contributed by atoms with E-state index >= 15 is 0 Å². The fourth-order valence-electron chi connectivity index (χ4n) is 3.22. The summed E-state index contributed by atoms with van der Waals surface area (Å²) in [7, 11) is 0. The zero-order valence-corrected chi connectivity index (χ0v) is 10.6. The number of hydrogen-bond acceptors (Lipinski definition) is 3. The van der Waals surface area contributed by atoms with Gasteiger partial charge in [0.15, 0.2) is 0 Å². The van der Waals surface area contributed by atoms with Crippen molar-refractivity contribution in [2.24, 2.45) is 23.0 Å². The molecule has 2 N–H and O–H groups in total. The van der Waals surface area contributed by atoms with Gasteiger partial charge < -0.3 is 5.73 Å². The van der Waals surface area contributed by atoms with E-state index in [2.05, 4.69) is 37.7 Å². The molecule has 1 atom stereocenters. The highest BCUT2D eigenvalue weighted by Crippen LogP contribution is 2.52. The fraction of sp³-hybridized carbons (Fsp3) is 0.692. The van der Waals surface area contributed by atoms with Crippen molar-refractivity contribution >= 4 is 0 Å². The topological polar surface area (TPSA) is 51.8 Å². The Morgan fingerprint density at radius 2 is 1.75 bits per heavy atom. The Hall–Kier alpha value is -0.960. The summed E-state index contributed by atoms with van der Waals surface area (Å²) in [6, 6.07) is 0.0243. The lowest BCUT2D eigenvalue weighted by molar-refractivity contribution is 0.0881. The van der Waals surface area contributed by atoms with Gasteiger partial charge in [0.2, 0.25) is 0 Å². The van der Waals surface area contributed by atoms with Crippen LogP contribution in [0.2, 0.25) is 0 Å². The van der Waals surface area contributed by atoms with Crippen LogP contribution in [0.25, 0.3) is 0 Å². The SMILES string of the molecule is CC(C)C1(C(C)C)Cc2nccnc2[C@H]1N. The van der Waals surface area contributed by atoms with Crippen molar-refractivity contribution in [2.75, 3.05) is 0 Å². The van der Waals surface area contributed by atoms with Gasteiger partial charge in [-0.3, -0.25) is 9.97 Å². The van der Waals surface area contributed by atoms with E-state index < -0.39 is 0 Å². The molecule has 16 heavy (non-hydrogen) atoms. The Bertz CT molecular complexity index is 377. The second-order valence-corrected chi connectivity index (χ2v) is 5.46. The van der Waals surface area contributed by atoms with Crippen LogP contribution < -0.4 is 5.73 Å². The molecule has 1 aliphatic carbocycles. The van der Waals surface area contributed by atoms with Crippen LogP contribution in [-0.4, -0.2) is 9.97 Å². The molecule has 2 rings (SSSR count). The lowest BCUT2D eigenvalue weighted by atomic mass is 9.65. The van der Waals surface area contributed by atoms with Gasteiger partial charge in [-0.05, 0) is 18.3 Å². The first-order valence-corrected chi connectivity index (χ1v) is 6.05. The number of nitrogens with zero attached hydrogens (tertiary/aromatic N) is 2. The van der Waals surface area contributed by atoms with Gasteiger partial charge in [0.05, 0.1) is 17.4 Å². The maximum Gasteiger partial charge on any atom is 0.0792 e. The van der Waals surface area contributed by atoms with Crippen molar-refractivity contribution in [1.82, 2.24) is 9.97 Å². The third-order valence-electron chi connectivity index (χ3n) is 4.30. The van der Waals surface area contributed by atoms with Gasteiger partial charge in [0.1, 0.15) is 0 Å². The predicted octanol–water partition coefficient (Wildman–Crippen LogP) is 2.33. The van der Waals surface area contributed by atoms with E-state index in [0.29, 0.717) is 11.8 Å². The van der Waals surface area contributed by atoms with Crippen molar-refractivity contribution in [3.63, 3.8) is 0 Å². The quantitative estimate of drug-likeness (QED) is 0.830. The second-order valence-electron chi connectivity index (χ2n) is 5.46. The highest BCUT2D eigenvalue weighted by molar-refractivity contribution is 5.28. The number of fused-ring (bicyclic) bond motifs is 1. The van der Waals surface area contributed by atoms with Crippen LogP contribution in [0.4, 0.5) is 0 Å². The maximum atomic E-state index is 6.42. The molecule has 1 aliphatic rings. The molecular formula is C13H21N3. The van der Waals surface area contributed by atoms with Crippen LogP contribution in [0.5, 0.6) is 0 Å². The highest BCUT2D eigenvalue weighted by Gasteiger charge is 2.49. The van der Waals surface area contributed by atoms with Gasteiger partial charge in [0, 0.05) is 17.8 Å². The molecule has 3 heteroatoms. The van der Waals surface area contributed by atoms with Crippen molar-refractivity contribution < 1.29 is 0 Å². The third kappa shape index (κ3) is 1.38. The van der Waals surface area contributed by atoms with E-state index in [0.717, 1.165) is 17.8 Å². The molecule has 0 spiro atoms. The molecule has 0 aliphatic heterocycles. The normalized spacial score (nSPS) is 22.8. The Balaban J connectivity index is 2.49. The molecule has 1 heterocycles. The molecule has 0 amide bonds. The fourth-order valence-corrected chi connectivity index (χ4v) is 3.22. The maximum absolute atomic E-state index is 6.42. The minimum Gasteiger partial charge on any atom is -0.322 e. The average Bonchev–Trinajstić information content (AvgIpc) is 2.54. The van der Waals surface area contributed by atoms with Crippen LogP contribution in [0.15, 0.2) is 12.4 Å². The first-order valence-electron chi connectivity index (χ1n) is 6.05. The van der Waals surface area contributed by atoms with E-state index in [1.54, 1.807) is 12.4 Å². The molecule has 1 aromatic heterocycles. The number of aromatic nitrogens is 2. The Morgan fingerprint density at radius 3 is 2.25 bits per heavy atom. The van der Waals surface area contributed by atoms with Crippen LogP contribution in [0.1, 0.15) is 45.1 Å². The number of rotatable bonds is 2. The first-order chi connectivity index (χ1) is 7.50. The largest absolute Gasteiger partial charge is 0.322 e. The predicted molar refractivity (Wildman–Crippen MR) is 64.8 cm³/mol. The van der Waals surface area contributed by atoms with Crippen molar-refractivity contribution in [3.8, 4) is 0 Å². The van der Waals surface area contributed by atoms with E-state index in [9.17, 15) is 0 Å². The van der Waals surface area contributed by atoms with Crippen LogP contribution in [-0.2, 0) is 6.42 Å². The second kappa shape index (κ2) is 3.81. The van der Waals surface area contributed by atoms with Crippen molar-refractivity contribution in [1.29, 1.82) is 0 Å². The summed E-state index contributed by atoms with van der Waals surface area (Å²) in [6.07, 6.45) is 4.48. The Labute approximate surface area is 97.5 Å². The minimum atomic E-state index is 0.0243. The van der Waals surface area contributed by atoms with Gasteiger partial charge in [0.25, 0.3) is 0 Å². The van der Waals surface area contributed by atoms with Gasteiger partial charge in [-0.25, -0.2) is 0 Å². The molecule has 88 valence electrons. The molecule has 0 radical (unpaired) electrons. The molecule has 0 fully saturated rings. The molecule has 0 bridgehead atoms. The van der Waals surface area contributed by atoms with Crippen molar-refractivity contribution in [3.05, 3.63) is 23.8 Å². The summed E-state index contributed by atoms with van der Waals surface area (Å²) in [6.45, 7) is 9.02. The summed E-state index contributed by atoms with van der Waals surface area (Å²) in [5, 5.41) is 0. The zero-order valence-electron chi connectivity index (χ0n) is 10.6. The number of hydrogen-bond donors (Lipinski definition) is 1. The van der Waals surface area contributed by atoms with E-state index in [4.69, 9.17) is 5.73 Å². The smallest absolute Gasteiger partial charge is 0.0792 e. The Morgan fingerprint density at radius 1 is 1.19 bits per heavy atom. The molecule has 0 saturated carbocycles. The standard InChI is InChI=1S/C13H21N3/c1-8(2)13(9(3)4)7-10-11(12(13)14)16-6-5-15-10/h5-6,8-9,12H,7,14H2,1-4H3/t12-/m1/s1. The van der Waals surface area contributed by atoms with Crippen LogP contribution in [0, 0.1) is 17.3 Å².